The SMILES string of the molecule is CCC(CCl)CCOCC(C)C. The van der Waals surface area contributed by atoms with Gasteiger partial charge in [0.2, 0.25) is 0 Å². The van der Waals surface area contributed by atoms with Crippen molar-refractivity contribution in [3.63, 3.8) is 0 Å². The van der Waals surface area contributed by atoms with E-state index in [1.165, 1.54) is 0 Å². The van der Waals surface area contributed by atoms with Crippen LogP contribution < -0.4 is 0 Å². The number of hydrogen-bond acceptors (Lipinski definition) is 1. The molecule has 0 aromatic carbocycles. The topological polar surface area (TPSA) is 9.23 Å². The van der Waals surface area contributed by atoms with Gasteiger partial charge in [0.1, 0.15) is 0 Å². The third kappa shape index (κ3) is 6.93. The lowest BCUT2D eigenvalue weighted by molar-refractivity contribution is 0.0993. The van der Waals surface area contributed by atoms with Gasteiger partial charge in [-0.05, 0) is 18.3 Å². The highest BCUT2D eigenvalue weighted by molar-refractivity contribution is 6.18. The Balaban J connectivity index is 3.17. The maximum Gasteiger partial charge on any atom is 0.0488 e. The van der Waals surface area contributed by atoms with Gasteiger partial charge in [-0.25, -0.2) is 0 Å². The van der Waals surface area contributed by atoms with Crippen LogP contribution in [0.1, 0.15) is 33.6 Å². The molecule has 0 aromatic heterocycles. The lowest BCUT2D eigenvalue weighted by Gasteiger charge is -2.11. The lowest BCUT2D eigenvalue weighted by Crippen LogP contribution is -2.08. The van der Waals surface area contributed by atoms with Crippen LogP contribution >= 0.6 is 11.6 Å². The minimum Gasteiger partial charge on any atom is -0.381 e. The van der Waals surface area contributed by atoms with Gasteiger partial charge in [-0.1, -0.05) is 27.2 Å². The number of alkyl halides is 1. The van der Waals surface area contributed by atoms with E-state index in [-0.39, 0.29) is 0 Å². The summed E-state index contributed by atoms with van der Waals surface area (Å²) < 4.78 is 5.47. The standard InChI is InChI=1S/C10H21ClO/c1-4-10(7-11)5-6-12-8-9(2)3/h9-10H,4-8H2,1-3H3. The van der Waals surface area contributed by atoms with Crippen LogP contribution in [0.2, 0.25) is 0 Å². The molecular formula is C10H21ClO. The van der Waals surface area contributed by atoms with Crippen molar-refractivity contribution in [2.24, 2.45) is 11.8 Å². The molecule has 2 heteroatoms. The summed E-state index contributed by atoms with van der Waals surface area (Å²) in [6, 6.07) is 0. The average Bonchev–Trinajstić information content (AvgIpc) is 2.04. The monoisotopic (exact) mass is 192 g/mol. The third-order valence-electron chi connectivity index (χ3n) is 1.92. The third-order valence-corrected chi connectivity index (χ3v) is 2.35. The highest BCUT2D eigenvalue weighted by atomic mass is 35.5. The summed E-state index contributed by atoms with van der Waals surface area (Å²) in [5.41, 5.74) is 0. The van der Waals surface area contributed by atoms with Crippen molar-refractivity contribution in [1.82, 2.24) is 0 Å². The molecular weight excluding hydrogens is 172 g/mol. The molecule has 0 rings (SSSR count). The van der Waals surface area contributed by atoms with Crippen molar-refractivity contribution in [1.29, 1.82) is 0 Å². The van der Waals surface area contributed by atoms with Crippen LogP contribution in [-0.2, 0) is 4.74 Å². The van der Waals surface area contributed by atoms with Crippen molar-refractivity contribution in [3.8, 4) is 0 Å². The molecule has 0 aliphatic rings. The highest BCUT2D eigenvalue weighted by Crippen LogP contribution is 2.10. The molecule has 0 radical (unpaired) electrons. The van der Waals surface area contributed by atoms with Gasteiger partial charge in [0.05, 0.1) is 0 Å². The van der Waals surface area contributed by atoms with Crippen LogP contribution in [0.3, 0.4) is 0 Å². The summed E-state index contributed by atoms with van der Waals surface area (Å²) in [7, 11) is 0. The van der Waals surface area contributed by atoms with E-state index in [4.69, 9.17) is 16.3 Å². The van der Waals surface area contributed by atoms with Crippen LogP contribution in [0.5, 0.6) is 0 Å². The predicted molar refractivity (Wildman–Crippen MR) is 54.8 cm³/mol. The van der Waals surface area contributed by atoms with Crippen molar-refractivity contribution in [2.45, 2.75) is 33.6 Å². The first kappa shape index (κ1) is 12.2. The van der Waals surface area contributed by atoms with Gasteiger partial charge in [-0.15, -0.1) is 11.6 Å². The summed E-state index contributed by atoms with van der Waals surface area (Å²) in [4.78, 5) is 0. The van der Waals surface area contributed by atoms with Crippen molar-refractivity contribution < 1.29 is 4.74 Å². The summed E-state index contributed by atoms with van der Waals surface area (Å²) in [5, 5.41) is 0. The maximum atomic E-state index is 5.75. The molecule has 74 valence electrons. The van der Waals surface area contributed by atoms with Gasteiger partial charge in [-0.2, -0.15) is 0 Å². The number of hydrogen-bond donors (Lipinski definition) is 0. The van der Waals surface area contributed by atoms with Gasteiger partial charge in [0, 0.05) is 19.1 Å². The molecule has 0 saturated carbocycles. The fourth-order valence-electron chi connectivity index (χ4n) is 0.959. The van der Waals surface area contributed by atoms with Crippen molar-refractivity contribution in [2.75, 3.05) is 19.1 Å². The minimum absolute atomic E-state index is 0.638. The Morgan fingerprint density at radius 2 is 2.00 bits per heavy atom. The fraction of sp³-hybridized carbons (Fsp3) is 1.00. The van der Waals surface area contributed by atoms with Crippen molar-refractivity contribution >= 4 is 11.6 Å². The van der Waals surface area contributed by atoms with E-state index in [0.717, 1.165) is 31.9 Å². The molecule has 0 bridgehead atoms. The van der Waals surface area contributed by atoms with E-state index in [0.29, 0.717) is 11.8 Å². The molecule has 0 aromatic rings. The zero-order chi connectivity index (χ0) is 9.40. The predicted octanol–water partition coefficient (Wildman–Crippen LogP) is 3.31. The second-order valence-corrected chi connectivity index (χ2v) is 3.99. The first-order valence-electron chi connectivity index (χ1n) is 4.84. The quantitative estimate of drug-likeness (QED) is 0.444. The average molecular weight is 193 g/mol. The largest absolute Gasteiger partial charge is 0.381 e. The molecule has 0 spiro atoms. The Bertz CT molecular complexity index is 89.8. The van der Waals surface area contributed by atoms with E-state index in [2.05, 4.69) is 20.8 Å². The molecule has 1 unspecified atom stereocenters. The molecule has 0 aliphatic carbocycles. The molecule has 12 heavy (non-hydrogen) atoms. The highest BCUT2D eigenvalue weighted by Gasteiger charge is 2.03. The Kier molecular flexibility index (Phi) is 8.04. The van der Waals surface area contributed by atoms with Gasteiger partial charge in [0.15, 0.2) is 0 Å². The zero-order valence-corrected chi connectivity index (χ0v) is 9.23. The van der Waals surface area contributed by atoms with E-state index >= 15 is 0 Å². The Morgan fingerprint density at radius 3 is 2.42 bits per heavy atom. The molecule has 0 amide bonds. The van der Waals surface area contributed by atoms with Gasteiger partial charge >= 0.3 is 0 Å². The summed E-state index contributed by atoms with van der Waals surface area (Å²) in [6.45, 7) is 8.25. The Morgan fingerprint density at radius 1 is 1.33 bits per heavy atom. The van der Waals surface area contributed by atoms with Crippen LogP contribution in [0, 0.1) is 11.8 Å². The molecule has 0 saturated heterocycles. The fourth-order valence-corrected chi connectivity index (χ4v) is 1.33. The minimum atomic E-state index is 0.638. The summed E-state index contributed by atoms with van der Waals surface area (Å²) in [5.74, 6) is 2.04. The molecule has 0 heterocycles. The second-order valence-electron chi connectivity index (χ2n) is 3.69. The van der Waals surface area contributed by atoms with Crippen LogP contribution in [-0.4, -0.2) is 19.1 Å². The lowest BCUT2D eigenvalue weighted by atomic mass is 10.1. The van der Waals surface area contributed by atoms with Crippen molar-refractivity contribution in [3.05, 3.63) is 0 Å². The van der Waals surface area contributed by atoms with Gasteiger partial charge < -0.3 is 4.74 Å². The van der Waals surface area contributed by atoms with Crippen LogP contribution in [0.25, 0.3) is 0 Å². The molecule has 0 aliphatic heterocycles. The molecule has 0 fully saturated rings. The van der Waals surface area contributed by atoms with Crippen LogP contribution in [0.4, 0.5) is 0 Å². The van der Waals surface area contributed by atoms with E-state index in [1.54, 1.807) is 0 Å². The number of ether oxygens (including phenoxy) is 1. The van der Waals surface area contributed by atoms with E-state index in [1.807, 2.05) is 0 Å². The Labute approximate surface area is 81.4 Å². The maximum absolute atomic E-state index is 5.75. The Hall–Kier alpha value is 0.250. The van der Waals surface area contributed by atoms with Crippen LogP contribution in [0.15, 0.2) is 0 Å². The first-order chi connectivity index (χ1) is 5.70. The van der Waals surface area contributed by atoms with E-state index < -0.39 is 0 Å². The molecule has 1 nitrogen and oxygen atoms in total. The van der Waals surface area contributed by atoms with Gasteiger partial charge in [0.25, 0.3) is 0 Å². The van der Waals surface area contributed by atoms with Gasteiger partial charge in [-0.3, -0.25) is 0 Å². The number of rotatable bonds is 7. The smallest absolute Gasteiger partial charge is 0.0488 e. The normalized spacial score (nSPS) is 13.8. The summed E-state index contributed by atoms with van der Waals surface area (Å²) >= 11 is 5.75. The second kappa shape index (κ2) is 7.88. The molecule has 0 N–H and O–H groups in total. The zero-order valence-electron chi connectivity index (χ0n) is 8.48. The molecule has 1 atom stereocenters. The van der Waals surface area contributed by atoms with E-state index in [9.17, 15) is 0 Å². The summed E-state index contributed by atoms with van der Waals surface area (Å²) in [6.07, 6.45) is 2.27. The number of halogens is 1. The first-order valence-corrected chi connectivity index (χ1v) is 5.37.